The Bertz CT molecular complexity index is 450. The van der Waals surface area contributed by atoms with Crippen LogP contribution in [0.25, 0.3) is 0 Å². The molecule has 0 aliphatic rings. The third-order valence-electron chi connectivity index (χ3n) is 2.52. The van der Waals surface area contributed by atoms with Crippen molar-refractivity contribution in [1.29, 1.82) is 0 Å². The highest BCUT2D eigenvalue weighted by atomic mass is 32.1. The number of ether oxygens (including phenoxy) is 1. The van der Waals surface area contributed by atoms with Crippen LogP contribution in [0.2, 0.25) is 0 Å². The van der Waals surface area contributed by atoms with Gasteiger partial charge in [-0.05, 0) is 6.42 Å². The molecule has 3 N–H and O–H groups in total. The molecule has 1 aromatic rings. The number of methoxy groups -OCH3 is 1. The van der Waals surface area contributed by atoms with Gasteiger partial charge in [0.2, 0.25) is 5.91 Å². The average molecular weight is 311 g/mol. The van der Waals surface area contributed by atoms with Crippen LogP contribution >= 0.6 is 11.3 Å². The number of thiazole rings is 1. The normalized spacial score (nSPS) is 14.9. The molecule has 5 nitrogen and oxygen atoms in total. The molecule has 0 saturated heterocycles. The van der Waals surface area contributed by atoms with Crippen LogP contribution in [0.15, 0.2) is 5.38 Å². The fourth-order valence-corrected chi connectivity index (χ4v) is 2.41. The smallest absolute Gasteiger partial charge is 0.383 e. The first-order valence-corrected chi connectivity index (χ1v) is 6.75. The molecule has 114 valence electrons. The minimum atomic E-state index is -4.48. The molecular formula is C11H16F3N3O2S. The number of hydrogen-bond donors (Lipinski definition) is 2. The Kier molecular flexibility index (Phi) is 5.90. The van der Waals surface area contributed by atoms with Gasteiger partial charge in [-0.25, -0.2) is 4.98 Å². The zero-order valence-corrected chi connectivity index (χ0v) is 11.8. The molecule has 0 saturated carbocycles. The lowest BCUT2D eigenvalue weighted by Crippen LogP contribution is -2.44. The molecule has 0 aliphatic heterocycles. The number of aromatic nitrogens is 1. The Morgan fingerprint density at radius 3 is 2.70 bits per heavy atom. The molecule has 0 bridgehead atoms. The summed E-state index contributed by atoms with van der Waals surface area (Å²) in [5.41, 5.74) is 4.60. The van der Waals surface area contributed by atoms with Crippen LogP contribution in [0.4, 0.5) is 13.2 Å². The molecule has 1 rings (SSSR count). The van der Waals surface area contributed by atoms with Crippen molar-refractivity contribution in [2.45, 2.75) is 31.6 Å². The van der Waals surface area contributed by atoms with E-state index in [4.69, 9.17) is 10.5 Å². The Balaban J connectivity index is 2.76. The first-order valence-electron chi connectivity index (χ1n) is 5.87. The van der Waals surface area contributed by atoms with Crippen molar-refractivity contribution in [2.24, 2.45) is 5.73 Å². The molecule has 20 heavy (non-hydrogen) atoms. The summed E-state index contributed by atoms with van der Waals surface area (Å²) < 4.78 is 42.2. The van der Waals surface area contributed by atoms with Crippen LogP contribution in [0, 0.1) is 0 Å². The lowest BCUT2D eigenvalue weighted by atomic mass is 10.2. The maximum Gasteiger partial charge on any atom is 0.434 e. The number of alkyl halides is 3. The molecule has 0 aliphatic carbocycles. The van der Waals surface area contributed by atoms with Gasteiger partial charge in [0.25, 0.3) is 0 Å². The van der Waals surface area contributed by atoms with Crippen LogP contribution in [0.1, 0.15) is 30.1 Å². The van der Waals surface area contributed by atoms with Gasteiger partial charge >= 0.3 is 6.18 Å². The van der Waals surface area contributed by atoms with Crippen molar-refractivity contribution < 1.29 is 22.7 Å². The van der Waals surface area contributed by atoms with Gasteiger partial charge in [0, 0.05) is 12.5 Å². The number of nitrogens with one attached hydrogen (secondary N) is 1. The van der Waals surface area contributed by atoms with Crippen molar-refractivity contribution in [1.82, 2.24) is 10.3 Å². The number of hydrogen-bond acceptors (Lipinski definition) is 5. The van der Waals surface area contributed by atoms with Gasteiger partial charge < -0.3 is 15.8 Å². The van der Waals surface area contributed by atoms with E-state index in [1.54, 1.807) is 6.92 Å². The quantitative estimate of drug-likeness (QED) is 0.838. The number of amides is 1. The Hall–Kier alpha value is -1.19. The zero-order valence-electron chi connectivity index (χ0n) is 11.0. The lowest BCUT2D eigenvalue weighted by molar-refractivity contribution is -0.140. The first kappa shape index (κ1) is 16.9. The highest BCUT2D eigenvalue weighted by Crippen LogP contribution is 2.32. The van der Waals surface area contributed by atoms with E-state index in [0.717, 1.165) is 16.7 Å². The summed E-state index contributed by atoms with van der Waals surface area (Å²) in [6.07, 6.45) is -4.07. The van der Waals surface area contributed by atoms with E-state index in [1.807, 2.05) is 0 Å². The predicted octanol–water partition coefficient (Wildman–Crippen LogP) is 1.70. The zero-order chi connectivity index (χ0) is 15.3. The minimum absolute atomic E-state index is 0.0357. The maximum atomic E-state index is 12.5. The number of carbonyl (C=O) groups excluding carboxylic acids is 1. The summed E-state index contributed by atoms with van der Waals surface area (Å²) in [5.74, 6) is -0.484. The topological polar surface area (TPSA) is 77.2 Å². The molecule has 9 heteroatoms. The number of carbonyl (C=O) groups is 1. The van der Waals surface area contributed by atoms with Crippen LogP contribution < -0.4 is 11.1 Å². The maximum absolute atomic E-state index is 12.5. The molecule has 0 radical (unpaired) electrons. The van der Waals surface area contributed by atoms with Crippen molar-refractivity contribution in [3.05, 3.63) is 16.1 Å². The largest absolute Gasteiger partial charge is 0.434 e. The number of rotatable bonds is 6. The van der Waals surface area contributed by atoms with E-state index in [-0.39, 0.29) is 11.6 Å². The molecular weight excluding hydrogens is 295 g/mol. The molecule has 1 amide bonds. The van der Waals surface area contributed by atoms with Crippen molar-refractivity contribution in [3.8, 4) is 0 Å². The summed E-state index contributed by atoms with van der Waals surface area (Å²) >= 11 is 0.858. The van der Waals surface area contributed by atoms with Crippen LogP contribution in [-0.4, -0.2) is 30.6 Å². The molecule has 2 unspecified atom stereocenters. The van der Waals surface area contributed by atoms with Crippen LogP contribution in [-0.2, 0) is 15.7 Å². The van der Waals surface area contributed by atoms with Gasteiger partial charge in [-0.3, -0.25) is 4.79 Å². The third kappa shape index (κ3) is 4.43. The van der Waals surface area contributed by atoms with Crippen LogP contribution in [0.3, 0.4) is 0 Å². The van der Waals surface area contributed by atoms with E-state index >= 15 is 0 Å². The first-order chi connectivity index (χ1) is 9.29. The van der Waals surface area contributed by atoms with Gasteiger partial charge in [-0.2, -0.15) is 13.2 Å². The second-order valence-corrected chi connectivity index (χ2v) is 4.99. The lowest BCUT2D eigenvalue weighted by Gasteiger charge is -2.17. The SMILES string of the molecule is CCC(NC(=O)C(N)COC)c1nc(C(F)(F)F)cs1. The Labute approximate surface area is 118 Å². The molecule has 0 aromatic carbocycles. The van der Waals surface area contributed by atoms with Crippen LogP contribution in [0.5, 0.6) is 0 Å². The van der Waals surface area contributed by atoms with Gasteiger partial charge in [0.15, 0.2) is 5.69 Å². The molecule has 1 heterocycles. The molecule has 0 fully saturated rings. The fourth-order valence-electron chi connectivity index (χ4n) is 1.45. The Morgan fingerprint density at radius 1 is 1.60 bits per heavy atom. The van der Waals surface area contributed by atoms with Gasteiger partial charge in [-0.15, -0.1) is 11.3 Å². The van der Waals surface area contributed by atoms with E-state index in [9.17, 15) is 18.0 Å². The molecule has 0 spiro atoms. The molecule has 1 aromatic heterocycles. The average Bonchev–Trinajstić information content (AvgIpc) is 2.85. The number of halogens is 3. The van der Waals surface area contributed by atoms with Crippen molar-refractivity contribution in [3.63, 3.8) is 0 Å². The number of nitrogens with two attached hydrogens (primary N) is 1. The third-order valence-corrected chi connectivity index (χ3v) is 3.48. The van der Waals surface area contributed by atoms with E-state index in [2.05, 4.69) is 10.3 Å². The second-order valence-electron chi connectivity index (χ2n) is 4.10. The standard InChI is InChI=1S/C11H16F3N3O2S/c1-3-7(16-9(18)6(15)4-19-2)10-17-8(5-20-10)11(12,13)14/h5-7H,3-4,15H2,1-2H3,(H,16,18). The number of nitrogens with zero attached hydrogens (tertiary/aromatic N) is 1. The summed E-state index contributed by atoms with van der Waals surface area (Å²) in [6.45, 7) is 1.77. The Morgan fingerprint density at radius 2 is 2.25 bits per heavy atom. The molecule has 2 atom stereocenters. The van der Waals surface area contributed by atoms with Gasteiger partial charge in [0.1, 0.15) is 11.0 Å². The summed E-state index contributed by atoms with van der Waals surface area (Å²) in [5, 5.41) is 3.71. The highest BCUT2D eigenvalue weighted by molar-refractivity contribution is 7.09. The van der Waals surface area contributed by atoms with Gasteiger partial charge in [0.05, 0.1) is 12.6 Å². The monoisotopic (exact) mass is 311 g/mol. The minimum Gasteiger partial charge on any atom is -0.383 e. The highest BCUT2D eigenvalue weighted by Gasteiger charge is 2.34. The van der Waals surface area contributed by atoms with E-state index < -0.39 is 29.9 Å². The van der Waals surface area contributed by atoms with E-state index in [0.29, 0.717) is 6.42 Å². The summed E-state index contributed by atoms with van der Waals surface area (Å²) in [4.78, 5) is 15.2. The predicted molar refractivity (Wildman–Crippen MR) is 68.1 cm³/mol. The van der Waals surface area contributed by atoms with E-state index in [1.165, 1.54) is 7.11 Å². The van der Waals surface area contributed by atoms with Crippen molar-refractivity contribution in [2.75, 3.05) is 13.7 Å². The fraction of sp³-hybridized carbons (Fsp3) is 0.636. The summed E-state index contributed by atoms with van der Waals surface area (Å²) in [7, 11) is 1.40. The van der Waals surface area contributed by atoms with Crippen molar-refractivity contribution >= 4 is 17.2 Å². The van der Waals surface area contributed by atoms with Gasteiger partial charge in [-0.1, -0.05) is 6.92 Å². The second kappa shape index (κ2) is 7.00. The summed E-state index contributed by atoms with van der Waals surface area (Å²) in [6, 6.07) is -1.46.